The van der Waals surface area contributed by atoms with Gasteiger partial charge in [0.25, 0.3) is 0 Å². The molecule has 0 N–H and O–H groups in total. The first-order valence-corrected chi connectivity index (χ1v) is 6.22. The molecule has 1 aromatic carbocycles. The fourth-order valence-corrected chi connectivity index (χ4v) is 2.77. The first-order valence-electron chi connectivity index (χ1n) is 6.22. The summed E-state index contributed by atoms with van der Waals surface area (Å²) in [7, 11) is 0. The summed E-state index contributed by atoms with van der Waals surface area (Å²) >= 11 is 0. The molecule has 2 aliphatic heterocycles. The number of rotatable bonds is 2. The lowest BCUT2D eigenvalue weighted by atomic mass is 10.0. The molecule has 90 valence electrons. The summed E-state index contributed by atoms with van der Waals surface area (Å²) in [5, 5.41) is 0. The molecule has 0 radical (unpaired) electrons. The average Bonchev–Trinajstić information content (AvgIpc) is 2.90. The summed E-state index contributed by atoms with van der Waals surface area (Å²) in [6.45, 7) is 3.44. The van der Waals surface area contributed by atoms with Crippen molar-refractivity contribution < 1.29 is 9.53 Å². The molecule has 2 heterocycles. The van der Waals surface area contributed by atoms with Crippen LogP contribution in [-0.2, 0) is 16.0 Å². The Morgan fingerprint density at radius 2 is 1.82 bits per heavy atom. The normalized spacial score (nSPS) is 27.2. The molecular formula is C14H17NO2. The summed E-state index contributed by atoms with van der Waals surface area (Å²) in [5.74, 6) is 1.41. The summed E-state index contributed by atoms with van der Waals surface area (Å²) in [6.07, 6.45) is 0.529. The van der Waals surface area contributed by atoms with E-state index in [0.29, 0.717) is 18.3 Å². The van der Waals surface area contributed by atoms with Crippen LogP contribution in [0.5, 0.6) is 0 Å². The minimum atomic E-state index is 0.255. The third-order valence-electron chi connectivity index (χ3n) is 3.79. The van der Waals surface area contributed by atoms with Gasteiger partial charge in [-0.15, -0.1) is 0 Å². The summed E-state index contributed by atoms with van der Waals surface area (Å²) in [4.78, 5) is 14.1. The lowest BCUT2D eigenvalue weighted by Gasteiger charge is -2.17. The van der Waals surface area contributed by atoms with E-state index in [9.17, 15) is 4.79 Å². The quantitative estimate of drug-likeness (QED) is 0.768. The number of nitrogens with zero attached hydrogens (tertiary/aromatic N) is 1. The van der Waals surface area contributed by atoms with Crippen LogP contribution >= 0.6 is 0 Å². The Labute approximate surface area is 101 Å². The first-order chi connectivity index (χ1) is 8.33. The number of ether oxygens (including phenoxy) is 1. The second-order valence-electron chi connectivity index (χ2n) is 5.02. The van der Waals surface area contributed by atoms with Gasteiger partial charge >= 0.3 is 0 Å². The number of hydrogen-bond donors (Lipinski definition) is 0. The van der Waals surface area contributed by atoms with Crippen molar-refractivity contribution in [3.8, 4) is 0 Å². The maximum absolute atomic E-state index is 12.1. The lowest BCUT2D eigenvalue weighted by molar-refractivity contribution is -0.129. The minimum Gasteiger partial charge on any atom is -0.381 e. The molecule has 2 atom stereocenters. The zero-order chi connectivity index (χ0) is 11.7. The van der Waals surface area contributed by atoms with E-state index in [4.69, 9.17) is 4.74 Å². The number of carbonyl (C=O) groups is 1. The van der Waals surface area contributed by atoms with Crippen molar-refractivity contribution in [1.29, 1.82) is 0 Å². The van der Waals surface area contributed by atoms with E-state index in [1.54, 1.807) is 0 Å². The van der Waals surface area contributed by atoms with Crippen molar-refractivity contribution in [2.75, 3.05) is 26.3 Å². The van der Waals surface area contributed by atoms with E-state index in [1.807, 2.05) is 35.2 Å². The van der Waals surface area contributed by atoms with Crippen molar-refractivity contribution in [1.82, 2.24) is 4.90 Å². The second kappa shape index (κ2) is 4.49. The predicted molar refractivity (Wildman–Crippen MR) is 64.5 cm³/mol. The SMILES string of the molecule is O=C(Cc1ccccc1)N1C[C@H]2COC[C@H]2C1. The highest BCUT2D eigenvalue weighted by atomic mass is 16.5. The van der Waals surface area contributed by atoms with Crippen LogP contribution in [-0.4, -0.2) is 37.1 Å². The smallest absolute Gasteiger partial charge is 0.227 e. The Balaban J connectivity index is 1.61. The van der Waals surface area contributed by atoms with Crippen LogP contribution in [0, 0.1) is 11.8 Å². The molecule has 2 fully saturated rings. The highest BCUT2D eigenvalue weighted by molar-refractivity contribution is 5.79. The molecule has 1 aromatic rings. The molecule has 3 rings (SSSR count). The van der Waals surface area contributed by atoms with Gasteiger partial charge in [0, 0.05) is 24.9 Å². The predicted octanol–water partition coefficient (Wildman–Crippen LogP) is 1.33. The number of fused-ring (bicyclic) bond motifs is 1. The maximum Gasteiger partial charge on any atom is 0.227 e. The Morgan fingerprint density at radius 3 is 2.47 bits per heavy atom. The molecule has 0 bridgehead atoms. The van der Waals surface area contributed by atoms with Crippen molar-refractivity contribution in [3.63, 3.8) is 0 Å². The number of hydrogen-bond acceptors (Lipinski definition) is 2. The number of likely N-dealkylation sites (tertiary alicyclic amines) is 1. The van der Waals surface area contributed by atoms with Crippen LogP contribution in [0.3, 0.4) is 0 Å². The van der Waals surface area contributed by atoms with Crippen LogP contribution in [0.2, 0.25) is 0 Å². The number of amides is 1. The summed E-state index contributed by atoms with van der Waals surface area (Å²) in [6, 6.07) is 9.96. The molecule has 17 heavy (non-hydrogen) atoms. The second-order valence-corrected chi connectivity index (χ2v) is 5.02. The van der Waals surface area contributed by atoms with Crippen LogP contribution in [0.25, 0.3) is 0 Å². The first kappa shape index (κ1) is 10.8. The zero-order valence-corrected chi connectivity index (χ0v) is 9.84. The molecule has 1 amide bonds. The minimum absolute atomic E-state index is 0.255. The van der Waals surface area contributed by atoms with E-state index in [0.717, 1.165) is 31.9 Å². The van der Waals surface area contributed by atoms with Gasteiger partial charge in [0.1, 0.15) is 0 Å². The Bertz CT molecular complexity index is 392. The van der Waals surface area contributed by atoms with Crippen molar-refractivity contribution in [2.45, 2.75) is 6.42 Å². The van der Waals surface area contributed by atoms with Crippen LogP contribution in [0.1, 0.15) is 5.56 Å². The zero-order valence-electron chi connectivity index (χ0n) is 9.84. The monoisotopic (exact) mass is 231 g/mol. The third kappa shape index (κ3) is 2.20. The molecule has 0 unspecified atom stereocenters. The Hall–Kier alpha value is -1.35. The Morgan fingerprint density at radius 1 is 1.18 bits per heavy atom. The highest BCUT2D eigenvalue weighted by Gasteiger charge is 2.38. The van der Waals surface area contributed by atoms with E-state index in [2.05, 4.69) is 0 Å². The third-order valence-corrected chi connectivity index (χ3v) is 3.79. The van der Waals surface area contributed by atoms with E-state index >= 15 is 0 Å². The molecule has 2 aliphatic rings. The van der Waals surface area contributed by atoms with Gasteiger partial charge in [-0.25, -0.2) is 0 Å². The van der Waals surface area contributed by atoms with Gasteiger partial charge in [-0.2, -0.15) is 0 Å². The van der Waals surface area contributed by atoms with Gasteiger partial charge in [0.15, 0.2) is 0 Å². The standard InChI is InChI=1S/C14H17NO2/c16-14(6-11-4-2-1-3-5-11)15-7-12-9-17-10-13(12)8-15/h1-5,12-13H,6-10H2/t12-,13+. The van der Waals surface area contributed by atoms with E-state index in [1.165, 1.54) is 0 Å². The van der Waals surface area contributed by atoms with Crippen molar-refractivity contribution in [3.05, 3.63) is 35.9 Å². The van der Waals surface area contributed by atoms with Gasteiger partial charge in [-0.3, -0.25) is 4.79 Å². The van der Waals surface area contributed by atoms with Crippen molar-refractivity contribution in [2.24, 2.45) is 11.8 Å². The molecule has 2 saturated heterocycles. The van der Waals surface area contributed by atoms with Crippen molar-refractivity contribution >= 4 is 5.91 Å². The van der Waals surface area contributed by atoms with Crippen LogP contribution in [0.4, 0.5) is 0 Å². The molecule has 0 aromatic heterocycles. The molecule has 0 spiro atoms. The largest absolute Gasteiger partial charge is 0.381 e. The van der Waals surface area contributed by atoms with E-state index in [-0.39, 0.29) is 5.91 Å². The average molecular weight is 231 g/mol. The fourth-order valence-electron chi connectivity index (χ4n) is 2.77. The van der Waals surface area contributed by atoms with Gasteiger partial charge in [-0.05, 0) is 5.56 Å². The van der Waals surface area contributed by atoms with Gasteiger partial charge in [0.05, 0.1) is 19.6 Å². The van der Waals surface area contributed by atoms with Crippen LogP contribution < -0.4 is 0 Å². The maximum atomic E-state index is 12.1. The molecular weight excluding hydrogens is 214 g/mol. The lowest BCUT2D eigenvalue weighted by Crippen LogP contribution is -2.31. The van der Waals surface area contributed by atoms with Gasteiger partial charge in [-0.1, -0.05) is 30.3 Å². The number of benzene rings is 1. The summed E-state index contributed by atoms with van der Waals surface area (Å²) in [5.41, 5.74) is 1.10. The summed E-state index contributed by atoms with van der Waals surface area (Å²) < 4.78 is 5.42. The highest BCUT2D eigenvalue weighted by Crippen LogP contribution is 2.29. The van der Waals surface area contributed by atoms with Gasteiger partial charge < -0.3 is 9.64 Å². The molecule has 3 heteroatoms. The fraction of sp³-hybridized carbons (Fsp3) is 0.500. The molecule has 0 saturated carbocycles. The molecule has 3 nitrogen and oxygen atoms in total. The molecule has 0 aliphatic carbocycles. The van der Waals surface area contributed by atoms with Crippen LogP contribution in [0.15, 0.2) is 30.3 Å². The van der Waals surface area contributed by atoms with E-state index < -0.39 is 0 Å². The Kier molecular flexibility index (Phi) is 2.85. The van der Waals surface area contributed by atoms with Gasteiger partial charge in [0.2, 0.25) is 5.91 Å². The topological polar surface area (TPSA) is 29.5 Å². The number of carbonyl (C=O) groups excluding carboxylic acids is 1.